The standard InChI is InChI=1S/C17H17F2N5/c18-13-8-14-16(3-4-20-17(14)15(19)9-13)23-6-1-2-12(10-23)11-24-7-5-21-22-24/h3-5,7-9,12H,1-2,6,10-11H2. The number of hydrogen-bond donors (Lipinski definition) is 0. The number of pyridine rings is 1. The van der Waals surface area contributed by atoms with Gasteiger partial charge >= 0.3 is 0 Å². The average Bonchev–Trinajstić information content (AvgIpc) is 3.07. The van der Waals surface area contributed by atoms with Gasteiger partial charge in [-0.1, -0.05) is 5.21 Å². The highest BCUT2D eigenvalue weighted by Crippen LogP contribution is 2.31. The molecule has 1 atom stereocenters. The fourth-order valence-corrected chi connectivity index (χ4v) is 3.47. The molecule has 0 bridgehead atoms. The lowest BCUT2D eigenvalue weighted by Gasteiger charge is -2.35. The summed E-state index contributed by atoms with van der Waals surface area (Å²) in [5, 5.41) is 8.38. The predicted octanol–water partition coefficient (Wildman–Crippen LogP) is 3.02. The summed E-state index contributed by atoms with van der Waals surface area (Å²) in [6.07, 6.45) is 7.23. The Balaban J connectivity index is 1.64. The van der Waals surface area contributed by atoms with E-state index in [9.17, 15) is 8.78 Å². The minimum Gasteiger partial charge on any atom is -0.371 e. The first-order valence-electron chi connectivity index (χ1n) is 8.03. The lowest BCUT2D eigenvalue weighted by atomic mass is 9.97. The van der Waals surface area contributed by atoms with E-state index in [4.69, 9.17) is 0 Å². The topological polar surface area (TPSA) is 46.8 Å². The summed E-state index contributed by atoms with van der Waals surface area (Å²) in [6.45, 7) is 2.48. The minimum absolute atomic E-state index is 0.215. The highest BCUT2D eigenvalue weighted by atomic mass is 19.1. The molecule has 0 aliphatic carbocycles. The van der Waals surface area contributed by atoms with Crippen LogP contribution < -0.4 is 4.90 Å². The largest absolute Gasteiger partial charge is 0.371 e. The molecular weight excluding hydrogens is 312 g/mol. The van der Waals surface area contributed by atoms with Crippen LogP contribution in [-0.4, -0.2) is 33.1 Å². The number of halogens is 2. The van der Waals surface area contributed by atoms with E-state index >= 15 is 0 Å². The summed E-state index contributed by atoms with van der Waals surface area (Å²) in [4.78, 5) is 6.25. The number of anilines is 1. The Morgan fingerprint density at radius 1 is 1.21 bits per heavy atom. The van der Waals surface area contributed by atoms with Crippen molar-refractivity contribution >= 4 is 16.6 Å². The van der Waals surface area contributed by atoms with Gasteiger partial charge < -0.3 is 4.90 Å². The highest BCUT2D eigenvalue weighted by molar-refractivity contribution is 5.92. The Morgan fingerprint density at radius 3 is 2.96 bits per heavy atom. The van der Waals surface area contributed by atoms with E-state index in [0.29, 0.717) is 11.3 Å². The maximum Gasteiger partial charge on any atom is 0.152 e. The second kappa shape index (κ2) is 6.14. The summed E-state index contributed by atoms with van der Waals surface area (Å²) in [7, 11) is 0. The summed E-state index contributed by atoms with van der Waals surface area (Å²) in [6, 6.07) is 4.07. The number of nitrogens with zero attached hydrogens (tertiary/aromatic N) is 5. The zero-order valence-corrected chi connectivity index (χ0v) is 13.1. The molecule has 0 amide bonds. The van der Waals surface area contributed by atoms with Crippen molar-refractivity contribution in [2.45, 2.75) is 19.4 Å². The van der Waals surface area contributed by atoms with Crippen LogP contribution in [0.25, 0.3) is 10.9 Å². The molecule has 1 unspecified atom stereocenters. The molecule has 124 valence electrons. The lowest BCUT2D eigenvalue weighted by molar-refractivity contribution is 0.348. The van der Waals surface area contributed by atoms with Crippen LogP contribution in [-0.2, 0) is 6.54 Å². The molecule has 1 aromatic carbocycles. The van der Waals surface area contributed by atoms with Crippen LogP contribution >= 0.6 is 0 Å². The van der Waals surface area contributed by atoms with E-state index in [-0.39, 0.29) is 5.52 Å². The van der Waals surface area contributed by atoms with Crippen LogP contribution in [0.1, 0.15) is 12.8 Å². The molecule has 4 rings (SSSR count). The first kappa shape index (κ1) is 15.0. The molecule has 0 radical (unpaired) electrons. The summed E-state index contributed by atoms with van der Waals surface area (Å²) < 4.78 is 29.5. The number of piperidine rings is 1. The lowest BCUT2D eigenvalue weighted by Crippen LogP contribution is -2.37. The smallest absolute Gasteiger partial charge is 0.152 e. The van der Waals surface area contributed by atoms with Gasteiger partial charge in [0.1, 0.15) is 11.3 Å². The van der Waals surface area contributed by atoms with E-state index in [1.54, 1.807) is 12.4 Å². The Kier molecular flexibility index (Phi) is 3.84. The third-order valence-electron chi connectivity index (χ3n) is 4.52. The van der Waals surface area contributed by atoms with E-state index in [0.717, 1.165) is 44.2 Å². The van der Waals surface area contributed by atoms with Crippen molar-refractivity contribution in [3.63, 3.8) is 0 Å². The molecule has 3 aromatic rings. The van der Waals surface area contributed by atoms with Gasteiger partial charge in [-0.2, -0.15) is 0 Å². The number of benzene rings is 1. The van der Waals surface area contributed by atoms with E-state index in [1.165, 1.54) is 6.07 Å². The van der Waals surface area contributed by atoms with Crippen LogP contribution in [0.4, 0.5) is 14.5 Å². The number of rotatable bonds is 3. The Labute approximate surface area is 137 Å². The predicted molar refractivity (Wildman–Crippen MR) is 86.6 cm³/mol. The highest BCUT2D eigenvalue weighted by Gasteiger charge is 2.23. The molecule has 3 heterocycles. The molecular formula is C17H17F2N5. The normalized spacial score (nSPS) is 18.2. The summed E-state index contributed by atoms with van der Waals surface area (Å²) in [5.41, 5.74) is 1.05. The maximum absolute atomic E-state index is 14.0. The van der Waals surface area contributed by atoms with Crippen molar-refractivity contribution in [1.82, 2.24) is 20.0 Å². The van der Waals surface area contributed by atoms with Crippen molar-refractivity contribution in [3.8, 4) is 0 Å². The van der Waals surface area contributed by atoms with Gasteiger partial charge in [0.05, 0.1) is 6.20 Å². The SMILES string of the molecule is Fc1cc(F)c2nccc(N3CCCC(Cn4ccnn4)C3)c2c1. The monoisotopic (exact) mass is 329 g/mol. The van der Waals surface area contributed by atoms with Crippen LogP contribution in [0.15, 0.2) is 36.8 Å². The van der Waals surface area contributed by atoms with Crippen molar-refractivity contribution in [2.75, 3.05) is 18.0 Å². The van der Waals surface area contributed by atoms with Gasteiger partial charge in [-0.3, -0.25) is 9.67 Å². The van der Waals surface area contributed by atoms with E-state index in [2.05, 4.69) is 20.2 Å². The summed E-state index contributed by atoms with van der Waals surface area (Å²) >= 11 is 0. The molecule has 5 nitrogen and oxygen atoms in total. The molecule has 0 saturated carbocycles. The third kappa shape index (κ3) is 2.81. The number of hydrogen-bond acceptors (Lipinski definition) is 4. The summed E-state index contributed by atoms with van der Waals surface area (Å²) in [5.74, 6) is -0.782. The average molecular weight is 329 g/mol. The third-order valence-corrected chi connectivity index (χ3v) is 4.52. The molecule has 1 saturated heterocycles. The Hall–Kier alpha value is -2.57. The second-order valence-corrected chi connectivity index (χ2v) is 6.19. The van der Waals surface area contributed by atoms with Crippen LogP contribution in [0.3, 0.4) is 0 Å². The first-order valence-corrected chi connectivity index (χ1v) is 8.03. The molecule has 2 aromatic heterocycles. The minimum atomic E-state index is -0.622. The molecule has 24 heavy (non-hydrogen) atoms. The van der Waals surface area contributed by atoms with Crippen molar-refractivity contribution in [2.24, 2.45) is 5.92 Å². The molecule has 1 aliphatic heterocycles. The number of aromatic nitrogens is 4. The van der Waals surface area contributed by atoms with Gasteiger partial charge in [0, 0.05) is 49.2 Å². The van der Waals surface area contributed by atoms with Gasteiger partial charge in [-0.15, -0.1) is 5.10 Å². The first-order chi connectivity index (χ1) is 11.7. The van der Waals surface area contributed by atoms with E-state index in [1.807, 2.05) is 16.9 Å². The number of fused-ring (bicyclic) bond motifs is 1. The van der Waals surface area contributed by atoms with Crippen LogP contribution in [0.2, 0.25) is 0 Å². The Bertz CT molecular complexity index is 850. The van der Waals surface area contributed by atoms with Gasteiger partial charge in [-0.05, 0) is 30.9 Å². The maximum atomic E-state index is 14.0. The fourth-order valence-electron chi connectivity index (χ4n) is 3.47. The van der Waals surface area contributed by atoms with Crippen molar-refractivity contribution in [3.05, 3.63) is 48.4 Å². The molecule has 7 heteroatoms. The zero-order chi connectivity index (χ0) is 16.5. The van der Waals surface area contributed by atoms with Crippen LogP contribution in [0.5, 0.6) is 0 Å². The van der Waals surface area contributed by atoms with Crippen LogP contribution in [0, 0.1) is 17.6 Å². The van der Waals surface area contributed by atoms with Crippen molar-refractivity contribution < 1.29 is 8.78 Å². The zero-order valence-electron chi connectivity index (χ0n) is 13.1. The molecule has 1 aliphatic rings. The molecule has 0 N–H and O–H groups in total. The molecule has 1 fully saturated rings. The fraction of sp³-hybridized carbons (Fsp3) is 0.353. The van der Waals surface area contributed by atoms with Gasteiger partial charge in [0.25, 0.3) is 0 Å². The van der Waals surface area contributed by atoms with E-state index < -0.39 is 11.6 Å². The Morgan fingerprint density at radius 2 is 2.12 bits per heavy atom. The van der Waals surface area contributed by atoms with Crippen molar-refractivity contribution in [1.29, 1.82) is 0 Å². The van der Waals surface area contributed by atoms with Gasteiger partial charge in [0.2, 0.25) is 0 Å². The van der Waals surface area contributed by atoms with Gasteiger partial charge in [-0.25, -0.2) is 8.78 Å². The quantitative estimate of drug-likeness (QED) is 0.741. The van der Waals surface area contributed by atoms with Gasteiger partial charge in [0.15, 0.2) is 5.82 Å². The second-order valence-electron chi connectivity index (χ2n) is 6.19. The molecule has 0 spiro atoms.